The maximum absolute atomic E-state index is 11.1. The summed E-state index contributed by atoms with van der Waals surface area (Å²) >= 11 is 0. The van der Waals surface area contributed by atoms with Gasteiger partial charge in [0.2, 0.25) is 0 Å². The lowest BCUT2D eigenvalue weighted by Crippen LogP contribution is -2.37. The number of phenols is 1. The van der Waals surface area contributed by atoms with Crippen LogP contribution in [0, 0.1) is 0 Å². The van der Waals surface area contributed by atoms with Crippen LogP contribution in [0.3, 0.4) is 0 Å². The summed E-state index contributed by atoms with van der Waals surface area (Å²) in [5.74, 6) is -1.55. The molecule has 1 rings (SSSR count). The number of hydrogen-bond acceptors (Lipinski definition) is 4. The quantitative estimate of drug-likeness (QED) is 0.390. The van der Waals surface area contributed by atoms with Gasteiger partial charge in [-0.25, -0.2) is 5.43 Å². The molecule has 6 heteroatoms. The molecule has 0 aliphatic carbocycles. The number of nitrogens with zero attached hydrogens (tertiary/aromatic N) is 1. The number of aromatic hydroxyl groups is 1. The second kappa shape index (κ2) is 6.26. The van der Waals surface area contributed by atoms with E-state index in [1.165, 1.54) is 12.3 Å². The van der Waals surface area contributed by atoms with Gasteiger partial charge in [-0.05, 0) is 19.1 Å². The SMILES string of the molecule is CCNC(=O)C(=O)NN=Cc1ccccc1O. The highest BCUT2D eigenvalue weighted by molar-refractivity contribution is 6.35. The number of hydrogen-bond donors (Lipinski definition) is 3. The third kappa shape index (κ3) is 3.94. The average molecular weight is 235 g/mol. The van der Waals surface area contributed by atoms with E-state index < -0.39 is 11.8 Å². The van der Waals surface area contributed by atoms with Gasteiger partial charge >= 0.3 is 11.8 Å². The van der Waals surface area contributed by atoms with Crippen LogP contribution in [0.5, 0.6) is 5.75 Å². The first-order valence-corrected chi connectivity index (χ1v) is 5.04. The van der Waals surface area contributed by atoms with E-state index in [-0.39, 0.29) is 5.75 Å². The van der Waals surface area contributed by atoms with E-state index in [4.69, 9.17) is 0 Å². The van der Waals surface area contributed by atoms with Gasteiger partial charge < -0.3 is 10.4 Å². The third-order valence-electron chi connectivity index (χ3n) is 1.85. The number of para-hydroxylation sites is 1. The molecule has 0 heterocycles. The highest BCUT2D eigenvalue weighted by Crippen LogP contribution is 2.12. The molecule has 0 radical (unpaired) electrons. The zero-order valence-corrected chi connectivity index (χ0v) is 9.30. The van der Waals surface area contributed by atoms with Gasteiger partial charge in [-0.1, -0.05) is 12.1 Å². The molecule has 0 atom stereocenters. The zero-order chi connectivity index (χ0) is 12.7. The van der Waals surface area contributed by atoms with Crippen LogP contribution < -0.4 is 10.7 Å². The largest absolute Gasteiger partial charge is 0.507 e. The fraction of sp³-hybridized carbons (Fsp3) is 0.182. The molecule has 3 N–H and O–H groups in total. The maximum atomic E-state index is 11.1. The molecular formula is C11H13N3O3. The van der Waals surface area contributed by atoms with Crippen LogP contribution in [-0.2, 0) is 9.59 Å². The number of benzene rings is 1. The number of rotatable bonds is 3. The monoisotopic (exact) mass is 235 g/mol. The molecule has 0 unspecified atom stereocenters. The van der Waals surface area contributed by atoms with E-state index >= 15 is 0 Å². The molecule has 2 amide bonds. The Bertz CT molecular complexity index is 443. The van der Waals surface area contributed by atoms with Crippen LogP contribution in [-0.4, -0.2) is 29.7 Å². The minimum atomic E-state index is -0.849. The maximum Gasteiger partial charge on any atom is 0.329 e. The van der Waals surface area contributed by atoms with Crippen molar-refractivity contribution in [3.05, 3.63) is 29.8 Å². The van der Waals surface area contributed by atoms with Gasteiger partial charge in [-0.15, -0.1) is 0 Å². The molecule has 0 saturated heterocycles. The average Bonchev–Trinajstić information content (AvgIpc) is 2.31. The van der Waals surface area contributed by atoms with E-state index in [9.17, 15) is 14.7 Å². The van der Waals surface area contributed by atoms with Gasteiger partial charge in [0.25, 0.3) is 0 Å². The minimum absolute atomic E-state index is 0.0449. The number of carbonyl (C=O) groups excluding carboxylic acids is 2. The Morgan fingerprint density at radius 2 is 2.06 bits per heavy atom. The summed E-state index contributed by atoms with van der Waals surface area (Å²) < 4.78 is 0. The summed E-state index contributed by atoms with van der Waals surface area (Å²) in [5.41, 5.74) is 2.50. The van der Waals surface area contributed by atoms with E-state index in [2.05, 4.69) is 15.8 Å². The highest BCUT2D eigenvalue weighted by Gasteiger charge is 2.10. The van der Waals surface area contributed by atoms with Crippen molar-refractivity contribution in [3.63, 3.8) is 0 Å². The Kier molecular flexibility index (Phi) is 4.68. The van der Waals surface area contributed by atoms with Gasteiger partial charge in [0, 0.05) is 12.1 Å². The lowest BCUT2D eigenvalue weighted by atomic mass is 10.2. The van der Waals surface area contributed by atoms with Crippen LogP contribution in [0.15, 0.2) is 29.4 Å². The molecule has 17 heavy (non-hydrogen) atoms. The lowest BCUT2D eigenvalue weighted by molar-refractivity contribution is -0.139. The summed E-state index contributed by atoms with van der Waals surface area (Å²) in [7, 11) is 0. The van der Waals surface area contributed by atoms with Crippen molar-refractivity contribution in [1.29, 1.82) is 0 Å². The van der Waals surface area contributed by atoms with Crippen LogP contribution in [0.2, 0.25) is 0 Å². The number of phenolic OH excluding ortho intramolecular Hbond substituents is 1. The number of hydrazone groups is 1. The fourth-order valence-electron chi connectivity index (χ4n) is 1.05. The Morgan fingerprint density at radius 1 is 1.35 bits per heavy atom. The van der Waals surface area contributed by atoms with Crippen molar-refractivity contribution < 1.29 is 14.7 Å². The summed E-state index contributed by atoms with van der Waals surface area (Å²) in [6.07, 6.45) is 1.26. The molecule has 1 aromatic carbocycles. The van der Waals surface area contributed by atoms with Crippen molar-refractivity contribution in [1.82, 2.24) is 10.7 Å². The lowest BCUT2D eigenvalue weighted by Gasteiger charge is -2.00. The van der Waals surface area contributed by atoms with Gasteiger partial charge in [0.15, 0.2) is 0 Å². The Balaban J connectivity index is 2.54. The molecule has 6 nitrogen and oxygen atoms in total. The van der Waals surface area contributed by atoms with Crippen LogP contribution >= 0.6 is 0 Å². The molecule has 90 valence electrons. The summed E-state index contributed by atoms with van der Waals surface area (Å²) in [6, 6.07) is 6.50. The minimum Gasteiger partial charge on any atom is -0.507 e. The normalized spacial score (nSPS) is 10.2. The Labute approximate surface area is 98.3 Å². The first-order valence-electron chi connectivity index (χ1n) is 5.04. The standard InChI is InChI=1S/C11H13N3O3/c1-2-12-10(16)11(17)14-13-7-8-5-3-4-6-9(8)15/h3-7,15H,2H2,1H3,(H,12,16)(H,14,17). The Morgan fingerprint density at radius 3 is 2.71 bits per heavy atom. The van der Waals surface area contributed by atoms with Crippen molar-refractivity contribution in [2.24, 2.45) is 5.10 Å². The van der Waals surface area contributed by atoms with Crippen LogP contribution in [0.4, 0.5) is 0 Å². The number of likely N-dealkylation sites (N-methyl/N-ethyl adjacent to an activating group) is 1. The number of carbonyl (C=O) groups is 2. The van der Waals surface area contributed by atoms with Crippen molar-refractivity contribution in [2.75, 3.05) is 6.54 Å². The van der Waals surface area contributed by atoms with Gasteiger partial charge in [-0.2, -0.15) is 5.10 Å². The number of nitrogens with one attached hydrogen (secondary N) is 2. The fourth-order valence-corrected chi connectivity index (χ4v) is 1.05. The molecule has 0 aliphatic rings. The molecule has 0 bridgehead atoms. The first-order chi connectivity index (χ1) is 8.15. The second-order valence-corrected chi connectivity index (χ2v) is 3.12. The Hall–Kier alpha value is -2.37. The van der Waals surface area contributed by atoms with Gasteiger partial charge in [-0.3, -0.25) is 9.59 Å². The van der Waals surface area contributed by atoms with E-state index in [0.717, 1.165) is 0 Å². The molecule has 0 aromatic heterocycles. The molecule has 0 saturated carbocycles. The van der Waals surface area contributed by atoms with Crippen molar-refractivity contribution >= 4 is 18.0 Å². The molecule has 0 spiro atoms. The summed E-state index contributed by atoms with van der Waals surface area (Å²) in [4.78, 5) is 22.1. The zero-order valence-electron chi connectivity index (χ0n) is 9.30. The molecule has 0 aliphatic heterocycles. The van der Waals surface area contributed by atoms with E-state index in [1.807, 2.05) is 0 Å². The molecule has 1 aromatic rings. The molecular weight excluding hydrogens is 222 g/mol. The number of amides is 2. The van der Waals surface area contributed by atoms with Gasteiger partial charge in [0.1, 0.15) is 5.75 Å². The van der Waals surface area contributed by atoms with Gasteiger partial charge in [0.05, 0.1) is 6.21 Å². The van der Waals surface area contributed by atoms with Crippen molar-refractivity contribution in [3.8, 4) is 5.75 Å². The first kappa shape index (κ1) is 12.7. The predicted octanol–water partition coefficient (Wildman–Crippen LogP) is -0.0216. The van der Waals surface area contributed by atoms with E-state index in [0.29, 0.717) is 12.1 Å². The van der Waals surface area contributed by atoms with E-state index in [1.54, 1.807) is 25.1 Å². The molecule has 0 fully saturated rings. The summed E-state index contributed by atoms with van der Waals surface area (Å²) in [5, 5.41) is 15.3. The topological polar surface area (TPSA) is 90.8 Å². The second-order valence-electron chi connectivity index (χ2n) is 3.12. The van der Waals surface area contributed by atoms with Crippen LogP contribution in [0.25, 0.3) is 0 Å². The third-order valence-corrected chi connectivity index (χ3v) is 1.85. The highest BCUT2D eigenvalue weighted by atomic mass is 16.3. The summed E-state index contributed by atoms with van der Waals surface area (Å²) in [6.45, 7) is 2.08. The van der Waals surface area contributed by atoms with Crippen LogP contribution in [0.1, 0.15) is 12.5 Å². The van der Waals surface area contributed by atoms with Crippen molar-refractivity contribution in [2.45, 2.75) is 6.92 Å². The smallest absolute Gasteiger partial charge is 0.329 e. The predicted molar refractivity (Wildman–Crippen MR) is 62.5 cm³/mol.